The fraction of sp³-hybridized carbons (Fsp3) is 0.286. The Bertz CT molecular complexity index is 575. The van der Waals surface area contributed by atoms with E-state index in [2.05, 4.69) is 10.2 Å². The monoisotopic (exact) mass is 243 g/mol. The molecule has 94 valence electrons. The van der Waals surface area contributed by atoms with Crippen molar-refractivity contribution in [1.82, 2.24) is 10.2 Å². The summed E-state index contributed by atoms with van der Waals surface area (Å²) in [6.45, 7) is 4.05. The largest absolute Gasteiger partial charge is 0.320 e. The van der Waals surface area contributed by atoms with E-state index in [4.69, 9.17) is 5.73 Å². The molecule has 2 rings (SSSR count). The van der Waals surface area contributed by atoms with E-state index in [1.54, 1.807) is 6.07 Å². The van der Waals surface area contributed by atoms with Gasteiger partial charge in [-0.1, -0.05) is 44.2 Å². The van der Waals surface area contributed by atoms with Crippen molar-refractivity contribution >= 4 is 0 Å². The number of aromatic nitrogens is 2. The minimum atomic E-state index is -0.421. The van der Waals surface area contributed by atoms with Crippen molar-refractivity contribution in [1.29, 1.82) is 0 Å². The Morgan fingerprint density at radius 1 is 1.22 bits per heavy atom. The smallest absolute Gasteiger partial charge is 0.269 e. The molecule has 0 radical (unpaired) electrons. The molecule has 4 heteroatoms. The maximum atomic E-state index is 11.8. The normalized spacial score (nSPS) is 12.7. The van der Waals surface area contributed by atoms with Crippen LogP contribution in [0.5, 0.6) is 0 Å². The molecule has 0 spiro atoms. The van der Waals surface area contributed by atoms with E-state index in [1.807, 2.05) is 44.2 Å². The molecule has 4 nitrogen and oxygen atoms in total. The number of nitrogens with two attached hydrogens (primary N) is 1. The number of rotatable bonds is 3. The molecule has 0 saturated heterocycles. The van der Waals surface area contributed by atoms with Crippen LogP contribution >= 0.6 is 0 Å². The standard InChI is InChI=1S/C14H17N3O/c1-9(2)12-8-11(14(18)17-16-12)13(15)10-6-4-3-5-7-10/h3-9,13H,15H2,1-2H3,(H,17,18). The van der Waals surface area contributed by atoms with Crippen LogP contribution in [0.25, 0.3) is 0 Å². The van der Waals surface area contributed by atoms with Crippen LogP contribution in [0, 0.1) is 0 Å². The van der Waals surface area contributed by atoms with Crippen molar-refractivity contribution in [3.63, 3.8) is 0 Å². The summed E-state index contributed by atoms with van der Waals surface area (Å²) in [5, 5.41) is 6.54. The number of nitrogens with zero attached hydrogens (tertiary/aromatic N) is 1. The van der Waals surface area contributed by atoms with Gasteiger partial charge in [0.2, 0.25) is 0 Å². The highest BCUT2D eigenvalue weighted by molar-refractivity contribution is 5.30. The highest BCUT2D eigenvalue weighted by Gasteiger charge is 2.14. The van der Waals surface area contributed by atoms with Crippen molar-refractivity contribution in [2.24, 2.45) is 5.73 Å². The first-order chi connectivity index (χ1) is 8.59. The molecule has 0 fully saturated rings. The lowest BCUT2D eigenvalue weighted by Gasteiger charge is -2.13. The third-order valence-electron chi connectivity index (χ3n) is 2.94. The van der Waals surface area contributed by atoms with Gasteiger partial charge in [-0.2, -0.15) is 5.10 Å². The van der Waals surface area contributed by atoms with Crippen molar-refractivity contribution in [2.45, 2.75) is 25.8 Å². The molecule has 1 unspecified atom stereocenters. The van der Waals surface area contributed by atoms with Crippen LogP contribution in [0.15, 0.2) is 41.2 Å². The van der Waals surface area contributed by atoms with Gasteiger partial charge in [0.05, 0.1) is 11.7 Å². The summed E-state index contributed by atoms with van der Waals surface area (Å²) in [5.74, 6) is 0.253. The second-order valence-electron chi connectivity index (χ2n) is 4.62. The van der Waals surface area contributed by atoms with Gasteiger partial charge in [-0.05, 0) is 17.5 Å². The lowest BCUT2D eigenvalue weighted by atomic mass is 9.99. The highest BCUT2D eigenvalue weighted by Crippen LogP contribution is 2.18. The summed E-state index contributed by atoms with van der Waals surface area (Å²) in [6, 6.07) is 10.9. The Kier molecular flexibility index (Phi) is 3.58. The summed E-state index contributed by atoms with van der Waals surface area (Å²) < 4.78 is 0. The van der Waals surface area contributed by atoms with Crippen molar-refractivity contribution < 1.29 is 0 Å². The molecule has 2 aromatic rings. The van der Waals surface area contributed by atoms with Gasteiger partial charge in [0.1, 0.15) is 0 Å². The first kappa shape index (κ1) is 12.5. The maximum Gasteiger partial charge on any atom is 0.269 e. The number of benzene rings is 1. The minimum absolute atomic E-state index is 0.226. The molecule has 0 saturated carbocycles. The average molecular weight is 243 g/mol. The summed E-state index contributed by atoms with van der Waals surface area (Å²) in [7, 11) is 0. The molecule has 0 aliphatic rings. The van der Waals surface area contributed by atoms with E-state index in [-0.39, 0.29) is 11.5 Å². The molecule has 0 aliphatic carbocycles. The zero-order valence-corrected chi connectivity index (χ0v) is 10.6. The lowest BCUT2D eigenvalue weighted by molar-refractivity contribution is 0.747. The van der Waals surface area contributed by atoms with E-state index >= 15 is 0 Å². The fourth-order valence-corrected chi connectivity index (χ4v) is 1.80. The second kappa shape index (κ2) is 5.14. The molecule has 0 amide bonds. The third kappa shape index (κ3) is 2.49. The minimum Gasteiger partial charge on any atom is -0.320 e. The van der Waals surface area contributed by atoms with Gasteiger partial charge >= 0.3 is 0 Å². The van der Waals surface area contributed by atoms with Crippen LogP contribution in [-0.4, -0.2) is 10.2 Å². The Labute approximate surface area is 106 Å². The summed E-state index contributed by atoms with van der Waals surface area (Å²) in [6.07, 6.45) is 0. The van der Waals surface area contributed by atoms with Crippen LogP contribution in [0.1, 0.15) is 42.6 Å². The zero-order valence-electron chi connectivity index (χ0n) is 10.6. The summed E-state index contributed by atoms with van der Waals surface area (Å²) in [4.78, 5) is 11.8. The predicted octanol–water partition coefficient (Wildman–Crippen LogP) is 1.94. The fourth-order valence-electron chi connectivity index (χ4n) is 1.80. The summed E-state index contributed by atoms with van der Waals surface area (Å²) >= 11 is 0. The molecule has 1 atom stereocenters. The van der Waals surface area contributed by atoms with Gasteiger partial charge in [0, 0.05) is 5.56 Å². The Morgan fingerprint density at radius 3 is 2.50 bits per heavy atom. The van der Waals surface area contributed by atoms with Crippen molar-refractivity contribution in [3.05, 3.63) is 63.6 Å². The molecule has 1 aromatic heterocycles. The van der Waals surface area contributed by atoms with Gasteiger partial charge in [-0.25, -0.2) is 5.10 Å². The zero-order chi connectivity index (χ0) is 13.1. The SMILES string of the molecule is CC(C)c1cc(C(N)c2ccccc2)c(=O)[nH]n1. The van der Waals surface area contributed by atoms with Crippen LogP contribution in [0.4, 0.5) is 0 Å². The molecule has 3 N–H and O–H groups in total. The van der Waals surface area contributed by atoms with Crippen LogP contribution in [0.2, 0.25) is 0 Å². The molecule has 18 heavy (non-hydrogen) atoms. The number of aromatic amines is 1. The second-order valence-corrected chi connectivity index (χ2v) is 4.62. The number of hydrogen-bond donors (Lipinski definition) is 2. The Balaban J connectivity index is 2.44. The van der Waals surface area contributed by atoms with Gasteiger partial charge in [-0.3, -0.25) is 4.79 Å². The average Bonchev–Trinajstić information content (AvgIpc) is 2.39. The molecular formula is C14H17N3O. The Morgan fingerprint density at radius 2 is 1.89 bits per heavy atom. The number of H-pyrrole nitrogens is 1. The van der Waals surface area contributed by atoms with Gasteiger partial charge in [0.15, 0.2) is 0 Å². The highest BCUT2D eigenvalue weighted by atomic mass is 16.1. The van der Waals surface area contributed by atoms with Crippen LogP contribution in [-0.2, 0) is 0 Å². The predicted molar refractivity (Wildman–Crippen MR) is 71.4 cm³/mol. The van der Waals surface area contributed by atoms with E-state index in [1.165, 1.54) is 0 Å². The van der Waals surface area contributed by atoms with Crippen LogP contribution < -0.4 is 11.3 Å². The maximum absolute atomic E-state index is 11.8. The number of nitrogens with one attached hydrogen (secondary N) is 1. The molecular weight excluding hydrogens is 226 g/mol. The van der Waals surface area contributed by atoms with Gasteiger partial charge in [-0.15, -0.1) is 0 Å². The van der Waals surface area contributed by atoms with Gasteiger partial charge in [0.25, 0.3) is 5.56 Å². The van der Waals surface area contributed by atoms with E-state index in [0.29, 0.717) is 5.56 Å². The van der Waals surface area contributed by atoms with Gasteiger partial charge < -0.3 is 5.73 Å². The van der Waals surface area contributed by atoms with Crippen molar-refractivity contribution in [3.8, 4) is 0 Å². The lowest BCUT2D eigenvalue weighted by Crippen LogP contribution is -2.24. The molecule has 0 bridgehead atoms. The number of hydrogen-bond acceptors (Lipinski definition) is 3. The van der Waals surface area contributed by atoms with Crippen molar-refractivity contribution in [2.75, 3.05) is 0 Å². The molecule has 0 aliphatic heterocycles. The van der Waals surface area contributed by atoms with E-state index in [9.17, 15) is 4.79 Å². The first-order valence-corrected chi connectivity index (χ1v) is 5.99. The van der Waals surface area contributed by atoms with E-state index in [0.717, 1.165) is 11.3 Å². The molecule has 1 heterocycles. The third-order valence-corrected chi connectivity index (χ3v) is 2.94. The Hall–Kier alpha value is -1.94. The van der Waals surface area contributed by atoms with E-state index < -0.39 is 6.04 Å². The quantitative estimate of drug-likeness (QED) is 0.865. The van der Waals surface area contributed by atoms with Crippen LogP contribution in [0.3, 0.4) is 0 Å². The topological polar surface area (TPSA) is 71.8 Å². The summed E-state index contributed by atoms with van der Waals surface area (Å²) in [5.41, 5.74) is 8.23. The molecule has 1 aromatic carbocycles. The first-order valence-electron chi connectivity index (χ1n) is 5.99.